The van der Waals surface area contributed by atoms with Crippen molar-refractivity contribution in [3.63, 3.8) is 0 Å². The summed E-state index contributed by atoms with van der Waals surface area (Å²) in [5.41, 5.74) is 2.31. The van der Waals surface area contributed by atoms with Gasteiger partial charge in [0.1, 0.15) is 0 Å². The number of hydrogen-bond acceptors (Lipinski definition) is 2. The third kappa shape index (κ3) is 2.26. The highest BCUT2D eigenvalue weighted by Gasteiger charge is 2.11. The van der Waals surface area contributed by atoms with Gasteiger partial charge in [0.25, 0.3) is 5.91 Å². The third-order valence-corrected chi connectivity index (χ3v) is 3.55. The van der Waals surface area contributed by atoms with Gasteiger partial charge in [0.2, 0.25) is 0 Å². The van der Waals surface area contributed by atoms with Crippen molar-refractivity contribution in [2.75, 3.05) is 5.32 Å². The van der Waals surface area contributed by atoms with Gasteiger partial charge in [0.15, 0.2) is 5.82 Å². The van der Waals surface area contributed by atoms with Crippen molar-refractivity contribution in [1.29, 1.82) is 0 Å². The molecule has 100 valence electrons. The number of aromatic amines is 1. The minimum Gasteiger partial charge on any atom is -0.305 e. The number of rotatable bonds is 2. The van der Waals surface area contributed by atoms with E-state index in [9.17, 15) is 4.79 Å². The number of H-pyrrole nitrogens is 1. The summed E-state index contributed by atoms with van der Waals surface area (Å²) in [5.74, 6) is 0.320. The zero-order valence-corrected chi connectivity index (χ0v) is 11.5. The summed E-state index contributed by atoms with van der Waals surface area (Å²) in [6.45, 7) is 1.86. The van der Waals surface area contributed by atoms with Crippen molar-refractivity contribution in [2.24, 2.45) is 0 Å². The number of nitrogens with zero attached hydrogens (tertiary/aromatic N) is 1. The minimum atomic E-state index is -0.206. The van der Waals surface area contributed by atoms with Crippen LogP contribution in [0.25, 0.3) is 10.9 Å². The van der Waals surface area contributed by atoms with Gasteiger partial charge in [-0.15, -0.1) is 0 Å². The van der Waals surface area contributed by atoms with Crippen LogP contribution < -0.4 is 5.32 Å². The highest BCUT2D eigenvalue weighted by atomic mass is 35.5. The average Bonchev–Trinajstić information content (AvgIpc) is 2.85. The Bertz CT molecular complexity index is 795. The van der Waals surface area contributed by atoms with Crippen LogP contribution in [0.2, 0.25) is 5.02 Å². The quantitative estimate of drug-likeness (QED) is 0.753. The Morgan fingerprint density at radius 2 is 2.05 bits per heavy atom. The normalized spacial score (nSPS) is 10.7. The van der Waals surface area contributed by atoms with Crippen LogP contribution in [0.3, 0.4) is 0 Å². The van der Waals surface area contributed by atoms with E-state index in [1.54, 1.807) is 18.2 Å². The lowest BCUT2D eigenvalue weighted by molar-refractivity contribution is 0.102. The minimum absolute atomic E-state index is 0.206. The van der Waals surface area contributed by atoms with Crippen LogP contribution in [0.1, 0.15) is 15.9 Å². The number of carbonyl (C=O) groups is 1. The molecule has 0 unspecified atom stereocenters. The zero-order valence-electron chi connectivity index (χ0n) is 10.8. The van der Waals surface area contributed by atoms with E-state index < -0.39 is 0 Å². The third-order valence-electron chi connectivity index (χ3n) is 3.12. The average molecular weight is 286 g/mol. The Hall–Kier alpha value is -2.33. The second-order valence-electron chi connectivity index (χ2n) is 4.54. The number of halogens is 1. The highest BCUT2D eigenvalue weighted by molar-refractivity contribution is 6.31. The van der Waals surface area contributed by atoms with E-state index in [2.05, 4.69) is 15.5 Å². The number of amides is 1. The van der Waals surface area contributed by atoms with E-state index in [4.69, 9.17) is 11.6 Å². The van der Waals surface area contributed by atoms with Gasteiger partial charge in [-0.2, -0.15) is 5.10 Å². The van der Waals surface area contributed by atoms with Crippen molar-refractivity contribution in [1.82, 2.24) is 10.2 Å². The standard InChI is InChI=1S/C15H12ClN3O/c1-9-8-10(6-7-12(9)16)15(20)17-14-11-4-2-3-5-13(11)18-19-14/h2-8H,1H3,(H2,17,18,19,20). The SMILES string of the molecule is Cc1cc(C(=O)Nc2n[nH]c3ccccc23)ccc1Cl. The van der Waals surface area contributed by atoms with Gasteiger partial charge in [-0.05, 0) is 42.8 Å². The molecule has 0 saturated heterocycles. The van der Waals surface area contributed by atoms with Gasteiger partial charge < -0.3 is 5.32 Å². The molecule has 1 aromatic heterocycles. The Morgan fingerprint density at radius 3 is 2.85 bits per heavy atom. The van der Waals surface area contributed by atoms with Crippen molar-refractivity contribution < 1.29 is 4.79 Å². The maximum Gasteiger partial charge on any atom is 0.256 e. The van der Waals surface area contributed by atoms with Crippen molar-refractivity contribution >= 4 is 34.2 Å². The molecule has 0 radical (unpaired) electrons. The number of fused-ring (bicyclic) bond motifs is 1. The fraction of sp³-hybridized carbons (Fsp3) is 0.0667. The van der Waals surface area contributed by atoms with Crippen LogP contribution in [0, 0.1) is 6.92 Å². The molecule has 1 amide bonds. The number of benzene rings is 2. The highest BCUT2D eigenvalue weighted by Crippen LogP contribution is 2.21. The van der Waals surface area contributed by atoms with Crippen LogP contribution in [0.4, 0.5) is 5.82 Å². The predicted octanol–water partition coefficient (Wildman–Crippen LogP) is 3.78. The molecule has 0 atom stereocenters. The fourth-order valence-corrected chi connectivity index (χ4v) is 2.14. The number of nitrogens with one attached hydrogen (secondary N) is 2. The monoisotopic (exact) mass is 285 g/mol. The Labute approximate surface area is 120 Å². The Kier molecular flexibility index (Phi) is 3.16. The Balaban J connectivity index is 1.90. The number of anilines is 1. The first kappa shape index (κ1) is 12.7. The van der Waals surface area contributed by atoms with E-state index in [0.29, 0.717) is 16.4 Å². The molecular formula is C15H12ClN3O. The van der Waals surface area contributed by atoms with Crippen LogP contribution >= 0.6 is 11.6 Å². The summed E-state index contributed by atoms with van der Waals surface area (Å²) in [7, 11) is 0. The molecule has 0 spiro atoms. The molecule has 2 aromatic carbocycles. The lowest BCUT2D eigenvalue weighted by Gasteiger charge is -2.04. The molecule has 4 nitrogen and oxygen atoms in total. The first-order valence-corrected chi connectivity index (χ1v) is 6.53. The molecule has 0 saturated carbocycles. The Morgan fingerprint density at radius 1 is 1.25 bits per heavy atom. The second-order valence-corrected chi connectivity index (χ2v) is 4.94. The van der Waals surface area contributed by atoms with Crippen LogP contribution in [0.15, 0.2) is 42.5 Å². The summed E-state index contributed by atoms with van der Waals surface area (Å²) in [6, 6.07) is 12.8. The molecule has 0 aliphatic heterocycles. The van der Waals surface area contributed by atoms with Crippen molar-refractivity contribution in [3.8, 4) is 0 Å². The second kappa shape index (κ2) is 4.98. The number of para-hydroxylation sites is 1. The molecule has 1 heterocycles. The van der Waals surface area contributed by atoms with E-state index in [1.165, 1.54) is 0 Å². The summed E-state index contributed by atoms with van der Waals surface area (Å²) >= 11 is 5.96. The summed E-state index contributed by atoms with van der Waals surface area (Å²) in [5, 5.41) is 11.3. The largest absolute Gasteiger partial charge is 0.305 e. The van der Waals surface area contributed by atoms with E-state index in [0.717, 1.165) is 16.5 Å². The van der Waals surface area contributed by atoms with E-state index in [1.807, 2.05) is 31.2 Å². The van der Waals surface area contributed by atoms with Gasteiger partial charge >= 0.3 is 0 Å². The summed E-state index contributed by atoms with van der Waals surface area (Å²) in [4.78, 5) is 12.2. The predicted molar refractivity (Wildman–Crippen MR) is 80.2 cm³/mol. The lowest BCUT2D eigenvalue weighted by atomic mass is 10.1. The van der Waals surface area contributed by atoms with Crippen molar-refractivity contribution in [3.05, 3.63) is 58.6 Å². The molecule has 20 heavy (non-hydrogen) atoms. The lowest BCUT2D eigenvalue weighted by Crippen LogP contribution is -2.12. The smallest absolute Gasteiger partial charge is 0.256 e. The van der Waals surface area contributed by atoms with Gasteiger partial charge in [0.05, 0.1) is 5.52 Å². The maximum absolute atomic E-state index is 12.2. The molecule has 3 rings (SSSR count). The maximum atomic E-state index is 12.2. The van der Waals surface area contributed by atoms with Crippen molar-refractivity contribution in [2.45, 2.75) is 6.92 Å². The van der Waals surface area contributed by atoms with Gasteiger partial charge in [-0.1, -0.05) is 23.7 Å². The summed E-state index contributed by atoms with van der Waals surface area (Å²) < 4.78 is 0. The molecule has 0 aliphatic carbocycles. The number of hydrogen-bond donors (Lipinski definition) is 2. The molecular weight excluding hydrogens is 274 g/mol. The fourth-order valence-electron chi connectivity index (χ4n) is 2.02. The molecule has 5 heteroatoms. The number of aryl methyl sites for hydroxylation is 1. The van der Waals surface area contributed by atoms with E-state index in [-0.39, 0.29) is 5.91 Å². The van der Waals surface area contributed by atoms with Gasteiger partial charge in [-0.3, -0.25) is 9.89 Å². The molecule has 0 aliphatic rings. The zero-order chi connectivity index (χ0) is 14.1. The number of carbonyl (C=O) groups excluding carboxylic acids is 1. The van der Waals surface area contributed by atoms with Gasteiger partial charge in [-0.25, -0.2) is 0 Å². The van der Waals surface area contributed by atoms with E-state index >= 15 is 0 Å². The van der Waals surface area contributed by atoms with Gasteiger partial charge in [0, 0.05) is 16.0 Å². The van der Waals surface area contributed by atoms with Crippen LogP contribution in [0.5, 0.6) is 0 Å². The first-order chi connectivity index (χ1) is 9.65. The molecule has 0 bridgehead atoms. The topological polar surface area (TPSA) is 57.8 Å². The van der Waals surface area contributed by atoms with Crippen LogP contribution in [-0.2, 0) is 0 Å². The van der Waals surface area contributed by atoms with Crippen LogP contribution in [-0.4, -0.2) is 16.1 Å². The molecule has 3 aromatic rings. The molecule has 2 N–H and O–H groups in total. The number of aromatic nitrogens is 2. The first-order valence-electron chi connectivity index (χ1n) is 6.16. The molecule has 0 fully saturated rings. The summed E-state index contributed by atoms with van der Waals surface area (Å²) in [6.07, 6.45) is 0.